The van der Waals surface area contributed by atoms with Gasteiger partial charge in [-0.25, -0.2) is 14.4 Å². The number of ether oxygens (including phenoxy) is 1. The molecular formula is C22H29FN4O2. The molecule has 0 unspecified atom stereocenters. The third kappa shape index (κ3) is 6.78. The van der Waals surface area contributed by atoms with Gasteiger partial charge in [-0.1, -0.05) is 19.3 Å². The molecule has 156 valence electrons. The van der Waals surface area contributed by atoms with E-state index in [0.29, 0.717) is 12.0 Å². The number of halogens is 1. The highest BCUT2D eigenvalue weighted by Crippen LogP contribution is 2.29. The van der Waals surface area contributed by atoms with Gasteiger partial charge in [0.15, 0.2) is 6.29 Å². The fraction of sp³-hybridized carbons (Fsp3) is 0.500. The van der Waals surface area contributed by atoms with Gasteiger partial charge >= 0.3 is 0 Å². The van der Waals surface area contributed by atoms with Gasteiger partial charge in [0.25, 0.3) is 0 Å². The first-order valence-electron chi connectivity index (χ1n) is 10.2. The third-order valence-corrected chi connectivity index (χ3v) is 5.39. The Balaban J connectivity index is 0.000000188. The van der Waals surface area contributed by atoms with Crippen molar-refractivity contribution < 1.29 is 13.9 Å². The van der Waals surface area contributed by atoms with Crippen molar-refractivity contribution >= 4 is 12.1 Å². The maximum atomic E-state index is 12.3. The number of aromatic nitrogens is 2. The van der Waals surface area contributed by atoms with Crippen LogP contribution < -0.4 is 9.64 Å². The molecule has 29 heavy (non-hydrogen) atoms. The predicted octanol–water partition coefficient (Wildman–Crippen LogP) is 2.97. The van der Waals surface area contributed by atoms with Crippen LogP contribution in [0.3, 0.4) is 0 Å². The molecule has 1 aliphatic carbocycles. The van der Waals surface area contributed by atoms with Crippen LogP contribution in [0.1, 0.15) is 25.0 Å². The van der Waals surface area contributed by atoms with E-state index < -0.39 is 0 Å². The number of carbonyl (C=O) groups excluding carboxylic acids is 1. The lowest BCUT2D eigenvalue weighted by Crippen LogP contribution is -2.44. The van der Waals surface area contributed by atoms with E-state index in [4.69, 9.17) is 4.74 Å². The Hall–Kier alpha value is -2.54. The Morgan fingerprint density at radius 2 is 1.86 bits per heavy atom. The Kier molecular flexibility index (Phi) is 7.93. The van der Waals surface area contributed by atoms with E-state index in [9.17, 15) is 9.18 Å². The summed E-state index contributed by atoms with van der Waals surface area (Å²) in [5, 5.41) is 0. The molecule has 1 saturated carbocycles. The summed E-state index contributed by atoms with van der Waals surface area (Å²) < 4.78 is 17.2. The van der Waals surface area contributed by atoms with Crippen molar-refractivity contribution in [2.24, 2.45) is 5.92 Å². The molecule has 6 nitrogen and oxygen atoms in total. The second-order valence-electron chi connectivity index (χ2n) is 7.59. The summed E-state index contributed by atoms with van der Waals surface area (Å²) in [5.41, 5.74) is 1.23. The smallest absolute Gasteiger partial charge is 0.157 e. The van der Waals surface area contributed by atoms with Crippen LogP contribution in [0.15, 0.2) is 36.7 Å². The van der Waals surface area contributed by atoms with Crippen molar-refractivity contribution in [1.82, 2.24) is 14.9 Å². The van der Waals surface area contributed by atoms with Crippen molar-refractivity contribution in [3.05, 3.63) is 48.2 Å². The van der Waals surface area contributed by atoms with Gasteiger partial charge in [0.2, 0.25) is 0 Å². The largest absolute Gasteiger partial charge is 0.486 e. The molecule has 1 aromatic heterocycles. The van der Waals surface area contributed by atoms with Crippen LogP contribution in [-0.2, 0) is 11.2 Å². The summed E-state index contributed by atoms with van der Waals surface area (Å²) in [4.78, 5) is 23.5. The van der Waals surface area contributed by atoms with Gasteiger partial charge in [0, 0.05) is 37.9 Å². The Bertz CT molecular complexity index is 760. The molecule has 4 rings (SSSR count). The van der Waals surface area contributed by atoms with E-state index in [1.165, 1.54) is 49.2 Å². The molecule has 2 fully saturated rings. The molecule has 1 aliphatic heterocycles. The zero-order valence-corrected chi connectivity index (χ0v) is 17.0. The first-order chi connectivity index (χ1) is 14.1. The number of nitrogens with zero attached hydrogens (tertiary/aromatic N) is 4. The summed E-state index contributed by atoms with van der Waals surface area (Å²) in [5.74, 6) is 2.18. The number of aldehydes is 1. The van der Waals surface area contributed by atoms with Gasteiger partial charge in [-0.2, -0.15) is 0 Å². The van der Waals surface area contributed by atoms with Gasteiger partial charge in [0.1, 0.15) is 30.3 Å². The van der Waals surface area contributed by atoms with E-state index in [2.05, 4.69) is 32.9 Å². The highest BCUT2D eigenvalue weighted by atomic mass is 19.1. The molecule has 2 heterocycles. The molecule has 0 N–H and O–H groups in total. The van der Waals surface area contributed by atoms with Crippen molar-refractivity contribution in [3.63, 3.8) is 0 Å². The highest BCUT2D eigenvalue weighted by molar-refractivity contribution is 5.51. The SMILES string of the molecule is CN1CCN(c2cc(CC3CCC3)ncn2)CC1.O=CCOc1ccc(F)cc1. The fourth-order valence-electron chi connectivity index (χ4n) is 3.36. The molecule has 7 heteroatoms. The van der Waals surface area contributed by atoms with Crippen LogP contribution in [-0.4, -0.2) is 61.0 Å². The van der Waals surface area contributed by atoms with E-state index in [-0.39, 0.29) is 12.4 Å². The van der Waals surface area contributed by atoms with Crippen LogP contribution in [0.4, 0.5) is 10.2 Å². The molecule has 2 aliphatic rings. The standard InChI is InChI=1S/C14H22N4.C8H7FO2/c1-17-5-7-18(8-6-17)14-10-13(15-11-16-14)9-12-3-2-4-12;9-7-1-3-8(4-2-7)11-6-5-10/h10-12H,2-9H2,1H3;1-5H,6H2. The average molecular weight is 400 g/mol. The van der Waals surface area contributed by atoms with Crippen molar-refractivity contribution in [3.8, 4) is 5.75 Å². The summed E-state index contributed by atoms with van der Waals surface area (Å²) >= 11 is 0. The first-order valence-corrected chi connectivity index (χ1v) is 10.2. The number of anilines is 1. The lowest BCUT2D eigenvalue weighted by atomic mass is 9.82. The molecule has 1 aromatic carbocycles. The minimum absolute atomic E-state index is 0.00559. The van der Waals surface area contributed by atoms with Crippen LogP contribution >= 0.6 is 0 Å². The van der Waals surface area contributed by atoms with Gasteiger partial charge in [-0.05, 0) is 43.7 Å². The Labute approximate surface area is 171 Å². The van der Waals surface area contributed by atoms with Gasteiger partial charge in [0.05, 0.1) is 0 Å². The lowest BCUT2D eigenvalue weighted by molar-refractivity contribution is -0.109. The minimum atomic E-state index is -0.316. The molecule has 0 atom stereocenters. The number of benzene rings is 1. The van der Waals surface area contributed by atoms with Crippen LogP contribution in [0.25, 0.3) is 0 Å². The minimum Gasteiger partial charge on any atom is -0.486 e. The number of rotatable bonds is 6. The van der Waals surface area contributed by atoms with E-state index in [0.717, 1.165) is 44.3 Å². The number of carbonyl (C=O) groups is 1. The van der Waals surface area contributed by atoms with Crippen LogP contribution in [0.2, 0.25) is 0 Å². The Morgan fingerprint density at radius 1 is 1.14 bits per heavy atom. The van der Waals surface area contributed by atoms with E-state index in [1.807, 2.05) is 0 Å². The quantitative estimate of drug-likeness (QED) is 0.695. The van der Waals surface area contributed by atoms with Crippen molar-refractivity contribution in [2.45, 2.75) is 25.7 Å². The number of piperazine rings is 1. The summed E-state index contributed by atoms with van der Waals surface area (Å²) in [6.45, 7) is 4.42. The van der Waals surface area contributed by atoms with E-state index >= 15 is 0 Å². The van der Waals surface area contributed by atoms with Crippen molar-refractivity contribution in [2.75, 3.05) is 44.7 Å². The predicted molar refractivity (Wildman–Crippen MR) is 111 cm³/mol. The van der Waals surface area contributed by atoms with Crippen LogP contribution in [0.5, 0.6) is 5.75 Å². The molecule has 0 bridgehead atoms. The molecular weight excluding hydrogens is 371 g/mol. The maximum Gasteiger partial charge on any atom is 0.157 e. The monoisotopic (exact) mass is 400 g/mol. The van der Waals surface area contributed by atoms with Gasteiger partial charge in [-0.3, -0.25) is 4.79 Å². The lowest BCUT2D eigenvalue weighted by Gasteiger charge is -2.33. The zero-order valence-electron chi connectivity index (χ0n) is 17.0. The highest BCUT2D eigenvalue weighted by Gasteiger charge is 2.20. The molecule has 0 spiro atoms. The first kappa shape index (κ1) is 21.2. The molecule has 1 saturated heterocycles. The Morgan fingerprint density at radius 3 is 2.48 bits per heavy atom. The fourth-order valence-corrected chi connectivity index (χ4v) is 3.36. The van der Waals surface area contributed by atoms with Crippen molar-refractivity contribution in [1.29, 1.82) is 0 Å². The summed E-state index contributed by atoms with van der Waals surface area (Å²) in [6, 6.07) is 7.70. The third-order valence-electron chi connectivity index (χ3n) is 5.39. The molecule has 0 amide bonds. The second kappa shape index (κ2) is 10.9. The number of likely N-dealkylation sites (N-methyl/N-ethyl adjacent to an activating group) is 1. The normalized spacial score (nSPS) is 17.1. The molecule has 2 aromatic rings. The summed E-state index contributed by atoms with van der Waals surface area (Å²) in [6.07, 6.45) is 7.69. The topological polar surface area (TPSA) is 58.6 Å². The number of hydrogen-bond donors (Lipinski definition) is 0. The van der Waals surface area contributed by atoms with Crippen LogP contribution in [0, 0.1) is 11.7 Å². The zero-order chi connectivity index (χ0) is 20.5. The van der Waals surface area contributed by atoms with Gasteiger partial charge in [-0.15, -0.1) is 0 Å². The molecule has 0 radical (unpaired) electrons. The maximum absolute atomic E-state index is 12.3. The van der Waals surface area contributed by atoms with Gasteiger partial charge < -0.3 is 14.5 Å². The second-order valence-corrected chi connectivity index (χ2v) is 7.59. The van der Waals surface area contributed by atoms with E-state index in [1.54, 1.807) is 6.33 Å². The number of hydrogen-bond acceptors (Lipinski definition) is 6. The average Bonchev–Trinajstić information content (AvgIpc) is 2.72. The summed E-state index contributed by atoms with van der Waals surface area (Å²) in [7, 11) is 2.18.